The van der Waals surface area contributed by atoms with Crippen molar-refractivity contribution in [2.45, 2.75) is 51.4 Å². The summed E-state index contributed by atoms with van der Waals surface area (Å²) in [6, 6.07) is 8.23. The molecule has 1 aromatic heterocycles. The molecule has 0 aliphatic carbocycles. The van der Waals surface area contributed by atoms with E-state index in [2.05, 4.69) is 40.7 Å². The number of hydrogen-bond donors (Lipinski definition) is 1. The second-order valence-electron chi connectivity index (χ2n) is 5.78. The van der Waals surface area contributed by atoms with Gasteiger partial charge in [0.1, 0.15) is 0 Å². The number of nitrogens with zero attached hydrogens (tertiary/aromatic N) is 3. The SMILES string of the molecule is CCn1c(SCCC(C)(C)O)nnc1-c1ccccc1C. The number of aryl methyl sites for hydroxylation is 1. The van der Waals surface area contributed by atoms with Crippen LogP contribution in [0.25, 0.3) is 11.4 Å². The van der Waals surface area contributed by atoms with Crippen LogP contribution in [0.1, 0.15) is 32.8 Å². The van der Waals surface area contributed by atoms with E-state index in [1.165, 1.54) is 5.56 Å². The highest BCUT2D eigenvalue weighted by molar-refractivity contribution is 7.99. The zero-order chi connectivity index (χ0) is 15.5. The molecule has 0 radical (unpaired) electrons. The van der Waals surface area contributed by atoms with Gasteiger partial charge in [0, 0.05) is 17.9 Å². The smallest absolute Gasteiger partial charge is 0.191 e. The zero-order valence-electron chi connectivity index (χ0n) is 13.1. The molecule has 0 aliphatic heterocycles. The molecule has 1 aromatic carbocycles. The summed E-state index contributed by atoms with van der Waals surface area (Å²) in [7, 11) is 0. The van der Waals surface area contributed by atoms with Crippen molar-refractivity contribution < 1.29 is 5.11 Å². The predicted octanol–water partition coefficient (Wildman–Crippen LogP) is 3.53. The van der Waals surface area contributed by atoms with Crippen molar-refractivity contribution in [3.05, 3.63) is 29.8 Å². The van der Waals surface area contributed by atoms with E-state index in [0.29, 0.717) is 0 Å². The lowest BCUT2D eigenvalue weighted by atomic mass is 10.1. The van der Waals surface area contributed by atoms with Crippen LogP contribution in [-0.2, 0) is 6.54 Å². The van der Waals surface area contributed by atoms with Crippen LogP contribution < -0.4 is 0 Å². The van der Waals surface area contributed by atoms with E-state index in [1.54, 1.807) is 11.8 Å². The molecule has 1 heterocycles. The minimum atomic E-state index is -0.636. The van der Waals surface area contributed by atoms with Crippen LogP contribution >= 0.6 is 11.8 Å². The van der Waals surface area contributed by atoms with Crippen LogP contribution in [0, 0.1) is 6.92 Å². The maximum Gasteiger partial charge on any atom is 0.191 e. The van der Waals surface area contributed by atoms with Gasteiger partial charge in [0.05, 0.1) is 5.60 Å². The summed E-state index contributed by atoms with van der Waals surface area (Å²) in [5, 5.41) is 19.4. The molecule has 0 amide bonds. The number of aromatic nitrogens is 3. The van der Waals surface area contributed by atoms with Crippen molar-refractivity contribution in [1.82, 2.24) is 14.8 Å². The molecule has 21 heavy (non-hydrogen) atoms. The molecule has 0 aliphatic rings. The van der Waals surface area contributed by atoms with Gasteiger partial charge >= 0.3 is 0 Å². The Labute approximate surface area is 130 Å². The first-order chi connectivity index (χ1) is 9.92. The Bertz CT molecular complexity index is 602. The topological polar surface area (TPSA) is 50.9 Å². The molecular formula is C16H23N3OS. The van der Waals surface area contributed by atoms with E-state index in [4.69, 9.17) is 0 Å². The number of benzene rings is 1. The number of aliphatic hydroxyl groups is 1. The van der Waals surface area contributed by atoms with Gasteiger partial charge < -0.3 is 9.67 Å². The highest BCUT2D eigenvalue weighted by atomic mass is 32.2. The van der Waals surface area contributed by atoms with Crippen LogP contribution in [0.2, 0.25) is 0 Å². The monoisotopic (exact) mass is 305 g/mol. The molecule has 4 nitrogen and oxygen atoms in total. The van der Waals surface area contributed by atoms with Crippen molar-refractivity contribution >= 4 is 11.8 Å². The lowest BCUT2D eigenvalue weighted by Crippen LogP contribution is -2.19. The normalized spacial score (nSPS) is 11.9. The Morgan fingerprint density at radius 3 is 2.57 bits per heavy atom. The van der Waals surface area contributed by atoms with E-state index >= 15 is 0 Å². The minimum absolute atomic E-state index is 0.636. The van der Waals surface area contributed by atoms with E-state index in [1.807, 2.05) is 26.0 Å². The van der Waals surface area contributed by atoms with Crippen molar-refractivity contribution in [3.8, 4) is 11.4 Å². The van der Waals surface area contributed by atoms with Crippen molar-refractivity contribution in [2.24, 2.45) is 0 Å². The number of rotatable bonds is 6. The van der Waals surface area contributed by atoms with Crippen LogP contribution in [0.4, 0.5) is 0 Å². The van der Waals surface area contributed by atoms with Gasteiger partial charge in [-0.25, -0.2) is 0 Å². The predicted molar refractivity (Wildman–Crippen MR) is 87.5 cm³/mol. The lowest BCUT2D eigenvalue weighted by molar-refractivity contribution is 0.0777. The molecule has 0 saturated heterocycles. The Balaban J connectivity index is 2.21. The van der Waals surface area contributed by atoms with E-state index in [-0.39, 0.29) is 0 Å². The summed E-state index contributed by atoms with van der Waals surface area (Å²) in [6.45, 7) is 8.69. The largest absolute Gasteiger partial charge is 0.390 e. The quantitative estimate of drug-likeness (QED) is 0.830. The fourth-order valence-corrected chi connectivity index (χ4v) is 3.35. The second kappa shape index (κ2) is 6.62. The molecule has 114 valence electrons. The molecule has 2 rings (SSSR count). The van der Waals surface area contributed by atoms with Gasteiger partial charge in [-0.1, -0.05) is 36.0 Å². The first kappa shape index (κ1) is 16.0. The minimum Gasteiger partial charge on any atom is -0.390 e. The lowest BCUT2D eigenvalue weighted by Gasteiger charge is -2.16. The fraction of sp³-hybridized carbons (Fsp3) is 0.500. The van der Waals surface area contributed by atoms with Gasteiger partial charge in [0.25, 0.3) is 0 Å². The van der Waals surface area contributed by atoms with Gasteiger partial charge in [0.2, 0.25) is 0 Å². The van der Waals surface area contributed by atoms with Crippen LogP contribution in [0.5, 0.6) is 0 Å². The molecule has 0 spiro atoms. The van der Waals surface area contributed by atoms with Crippen molar-refractivity contribution in [3.63, 3.8) is 0 Å². The summed E-state index contributed by atoms with van der Waals surface area (Å²) >= 11 is 1.65. The summed E-state index contributed by atoms with van der Waals surface area (Å²) < 4.78 is 2.14. The highest BCUT2D eigenvalue weighted by Gasteiger charge is 2.16. The van der Waals surface area contributed by atoms with E-state index in [0.717, 1.165) is 35.3 Å². The van der Waals surface area contributed by atoms with E-state index < -0.39 is 5.60 Å². The Morgan fingerprint density at radius 2 is 1.95 bits per heavy atom. The van der Waals surface area contributed by atoms with Crippen LogP contribution in [0.15, 0.2) is 29.4 Å². The van der Waals surface area contributed by atoms with Gasteiger partial charge in [-0.05, 0) is 39.7 Å². The Kier molecular flexibility index (Phi) is 5.06. The van der Waals surface area contributed by atoms with Crippen LogP contribution in [-0.4, -0.2) is 31.2 Å². The zero-order valence-corrected chi connectivity index (χ0v) is 13.9. The fourth-order valence-electron chi connectivity index (χ4n) is 2.10. The molecule has 0 saturated carbocycles. The van der Waals surface area contributed by atoms with Gasteiger partial charge in [-0.3, -0.25) is 0 Å². The molecule has 0 fully saturated rings. The highest BCUT2D eigenvalue weighted by Crippen LogP contribution is 2.27. The van der Waals surface area contributed by atoms with E-state index in [9.17, 15) is 5.11 Å². The number of thioether (sulfide) groups is 1. The third-order valence-electron chi connectivity index (χ3n) is 3.36. The molecule has 0 unspecified atom stereocenters. The molecular weight excluding hydrogens is 282 g/mol. The molecule has 1 N–H and O–H groups in total. The van der Waals surface area contributed by atoms with Gasteiger partial charge in [0.15, 0.2) is 11.0 Å². The molecule has 0 atom stereocenters. The Morgan fingerprint density at radius 1 is 1.24 bits per heavy atom. The van der Waals surface area contributed by atoms with Crippen LogP contribution in [0.3, 0.4) is 0 Å². The summed E-state index contributed by atoms with van der Waals surface area (Å²) in [5.74, 6) is 1.75. The third kappa shape index (κ3) is 4.08. The first-order valence-corrected chi connectivity index (χ1v) is 8.25. The first-order valence-electron chi connectivity index (χ1n) is 7.27. The third-order valence-corrected chi connectivity index (χ3v) is 4.33. The summed E-state index contributed by atoms with van der Waals surface area (Å²) in [6.07, 6.45) is 0.730. The maximum atomic E-state index is 9.79. The molecule has 2 aromatic rings. The Hall–Kier alpha value is -1.33. The second-order valence-corrected chi connectivity index (χ2v) is 6.84. The van der Waals surface area contributed by atoms with Crippen molar-refractivity contribution in [1.29, 1.82) is 0 Å². The van der Waals surface area contributed by atoms with Gasteiger partial charge in [-0.2, -0.15) is 0 Å². The summed E-state index contributed by atoms with van der Waals surface area (Å²) in [4.78, 5) is 0. The average Bonchev–Trinajstić information content (AvgIpc) is 2.80. The molecule has 5 heteroatoms. The number of hydrogen-bond acceptors (Lipinski definition) is 4. The molecule has 0 bridgehead atoms. The summed E-state index contributed by atoms with van der Waals surface area (Å²) in [5.41, 5.74) is 1.69. The van der Waals surface area contributed by atoms with Crippen molar-refractivity contribution in [2.75, 3.05) is 5.75 Å². The van der Waals surface area contributed by atoms with Gasteiger partial charge in [-0.15, -0.1) is 10.2 Å². The average molecular weight is 305 g/mol. The maximum absolute atomic E-state index is 9.79. The standard InChI is InChI=1S/C16H23N3OS/c1-5-19-14(13-9-7-6-8-12(13)2)17-18-15(19)21-11-10-16(3,4)20/h6-9,20H,5,10-11H2,1-4H3.